The first kappa shape index (κ1) is 14.6. The van der Waals surface area contributed by atoms with Crippen molar-refractivity contribution in [2.45, 2.75) is 20.4 Å². The van der Waals surface area contributed by atoms with Crippen LogP contribution in [0.25, 0.3) is 0 Å². The van der Waals surface area contributed by atoms with Gasteiger partial charge in [0.05, 0.1) is 17.4 Å². The Morgan fingerprint density at radius 2 is 2.00 bits per heavy atom. The van der Waals surface area contributed by atoms with Crippen molar-refractivity contribution in [2.75, 3.05) is 10.6 Å². The molecule has 7 heteroatoms. The molecule has 2 aromatic rings. The number of amides is 2. The molecule has 2 amide bonds. The van der Waals surface area contributed by atoms with Crippen molar-refractivity contribution in [3.8, 4) is 0 Å². The van der Waals surface area contributed by atoms with Gasteiger partial charge in [0.1, 0.15) is 0 Å². The van der Waals surface area contributed by atoms with Crippen LogP contribution in [0.2, 0.25) is 0 Å². The number of hydrogen-bond donors (Lipinski definition) is 3. The maximum Gasteiger partial charge on any atom is 0.336 e. The molecule has 0 spiro atoms. The topological polar surface area (TPSA) is 96.2 Å². The summed E-state index contributed by atoms with van der Waals surface area (Å²) in [4.78, 5) is 22.9. The van der Waals surface area contributed by atoms with Crippen molar-refractivity contribution >= 4 is 23.4 Å². The first-order valence-corrected chi connectivity index (χ1v) is 6.44. The molecule has 0 radical (unpaired) electrons. The fourth-order valence-electron chi connectivity index (χ4n) is 1.82. The predicted octanol–water partition coefficient (Wildman–Crippen LogP) is 2.55. The standard InChI is InChI=1S/C14H16N4O3/c1-3-18-8-11(7-15-18)17-14(21)16-10-5-4-9(2)12(6-10)13(19)20/h4-8H,3H2,1-2H3,(H,19,20)(H2,16,17,21). The lowest BCUT2D eigenvalue weighted by Gasteiger charge is -2.08. The number of rotatable bonds is 4. The van der Waals surface area contributed by atoms with Crippen molar-refractivity contribution in [2.24, 2.45) is 0 Å². The third kappa shape index (κ3) is 3.59. The van der Waals surface area contributed by atoms with E-state index in [1.54, 1.807) is 36.1 Å². The van der Waals surface area contributed by atoms with E-state index in [1.165, 1.54) is 6.07 Å². The first-order valence-electron chi connectivity index (χ1n) is 6.44. The van der Waals surface area contributed by atoms with E-state index < -0.39 is 12.0 Å². The minimum Gasteiger partial charge on any atom is -0.478 e. The lowest BCUT2D eigenvalue weighted by Crippen LogP contribution is -2.19. The number of carboxylic acid groups (broad SMARTS) is 1. The molecule has 0 saturated heterocycles. The highest BCUT2D eigenvalue weighted by molar-refractivity contribution is 6.00. The Bertz CT molecular complexity index is 679. The van der Waals surface area contributed by atoms with Gasteiger partial charge in [0, 0.05) is 18.4 Å². The van der Waals surface area contributed by atoms with Crippen molar-refractivity contribution in [3.05, 3.63) is 41.7 Å². The van der Waals surface area contributed by atoms with Gasteiger partial charge >= 0.3 is 12.0 Å². The summed E-state index contributed by atoms with van der Waals surface area (Å²) in [5, 5.41) is 18.3. The molecule has 1 heterocycles. The molecule has 21 heavy (non-hydrogen) atoms. The molecule has 0 aliphatic heterocycles. The van der Waals surface area contributed by atoms with E-state index in [2.05, 4.69) is 15.7 Å². The van der Waals surface area contributed by atoms with Gasteiger partial charge in [-0.3, -0.25) is 4.68 Å². The molecule has 0 fully saturated rings. The van der Waals surface area contributed by atoms with Crippen LogP contribution >= 0.6 is 0 Å². The van der Waals surface area contributed by atoms with Crippen LogP contribution in [0.3, 0.4) is 0 Å². The van der Waals surface area contributed by atoms with Gasteiger partial charge in [0.25, 0.3) is 0 Å². The van der Waals surface area contributed by atoms with Gasteiger partial charge in [0.15, 0.2) is 0 Å². The maximum absolute atomic E-state index is 11.8. The van der Waals surface area contributed by atoms with Gasteiger partial charge in [-0.2, -0.15) is 5.10 Å². The number of carbonyl (C=O) groups excluding carboxylic acids is 1. The average Bonchev–Trinajstić information content (AvgIpc) is 2.88. The van der Waals surface area contributed by atoms with Crippen LogP contribution in [-0.2, 0) is 6.54 Å². The SMILES string of the molecule is CCn1cc(NC(=O)Nc2ccc(C)c(C(=O)O)c2)cn1. The van der Waals surface area contributed by atoms with Gasteiger partial charge in [0.2, 0.25) is 0 Å². The molecule has 0 aliphatic rings. The maximum atomic E-state index is 11.8. The number of hydrogen-bond acceptors (Lipinski definition) is 3. The van der Waals surface area contributed by atoms with E-state index in [-0.39, 0.29) is 5.56 Å². The molecule has 1 aromatic heterocycles. The molecule has 110 valence electrons. The fourth-order valence-corrected chi connectivity index (χ4v) is 1.82. The zero-order valence-electron chi connectivity index (χ0n) is 11.8. The Labute approximate surface area is 121 Å². The molecule has 7 nitrogen and oxygen atoms in total. The summed E-state index contributed by atoms with van der Waals surface area (Å²) in [6.45, 7) is 4.35. The number of carbonyl (C=O) groups is 2. The zero-order chi connectivity index (χ0) is 15.4. The van der Waals surface area contributed by atoms with Gasteiger partial charge in [-0.15, -0.1) is 0 Å². The van der Waals surface area contributed by atoms with Crippen molar-refractivity contribution < 1.29 is 14.7 Å². The summed E-state index contributed by atoms with van der Waals surface area (Å²) < 4.78 is 1.68. The highest BCUT2D eigenvalue weighted by Gasteiger charge is 2.10. The van der Waals surface area contributed by atoms with Crippen molar-refractivity contribution in [1.29, 1.82) is 0 Å². The fraction of sp³-hybridized carbons (Fsp3) is 0.214. The summed E-state index contributed by atoms with van der Waals surface area (Å²) in [5.74, 6) is -1.03. The second-order valence-corrected chi connectivity index (χ2v) is 4.50. The van der Waals surface area contributed by atoms with Crippen LogP contribution < -0.4 is 10.6 Å². The molecule has 2 rings (SSSR count). The Balaban J connectivity index is 2.05. The molecule has 0 aliphatic carbocycles. The molecule has 0 bridgehead atoms. The third-order valence-electron chi connectivity index (χ3n) is 2.94. The van der Waals surface area contributed by atoms with E-state index in [0.717, 1.165) is 0 Å². The second kappa shape index (κ2) is 6.08. The molecular formula is C14H16N4O3. The Morgan fingerprint density at radius 1 is 1.29 bits per heavy atom. The summed E-state index contributed by atoms with van der Waals surface area (Å²) in [6, 6.07) is 4.27. The first-order chi connectivity index (χ1) is 9.99. The zero-order valence-corrected chi connectivity index (χ0v) is 11.8. The van der Waals surface area contributed by atoms with E-state index in [0.29, 0.717) is 23.5 Å². The summed E-state index contributed by atoms with van der Waals surface area (Å²) in [6.07, 6.45) is 3.25. The summed E-state index contributed by atoms with van der Waals surface area (Å²) in [5.41, 5.74) is 1.78. The molecular weight excluding hydrogens is 272 g/mol. The number of nitrogens with zero attached hydrogens (tertiary/aromatic N) is 2. The number of aryl methyl sites for hydroxylation is 2. The lowest BCUT2D eigenvalue weighted by molar-refractivity contribution is 0.0696. The van der Waals surface area contributed by atoms with Crippen LogP contribution in [0.15, 0.2) is 30.6 Å². The van der Waals surface area contributed by atoms with Gasteiger partial charge in [-0.05, 0) is 31.5 Å². The minimum atomic E-state index is -1.03. The molecule has 3 N–H and O–H groups in total. The third-order valence-corrected chi connectivity index (χ3v) is 2.94. The predicted molar refractivity (Wildman–Crippen MR) is 78.7 cm³/mol. The molecule has 0 saturated carbocycles. The summed E-state index contributed by atoms with van der Waals surface area (Å²) >= 11 is 0. The van der Waals surface area contributed by atoms with Gasteiger partial charge < -0.3 is 15.7 Å². The van der Waals surface area contributed by atoms with Gasteiger partial charge in [-0.1, -0.05) is 6.07 Å². The Kier molecular flexibility index (Phi) is 4.22. The summed E-state index contributed by atoms with van der Waals surface area (Å²) in [7, 11) is 0. The van der Waals surface area contributed by atoms with Crippen LogP contribution in [0, 0.1) is 6.92 Å². The van der Waals surface area contributed by atoms with Crippen molar-refractivity contribution in [3.63, 3.8) is 0 Å². The number of urea groups is 1. The average molecular weight is 288 g/mol. The normalized spacial score (nSPS) is 10.2. The van der Waals surface area contributed by atoms with E-state index in [1.807, 2.05) is 6.92 Å². The minimum absolute atomic E-state index is 0.159. The molecule has 1 aromatic carbocycles. The smallest absolute Gasteiger partial charge is 0.336 e. The number of aromatic carboxylic acids is 1. The number of carboxylic acids is 1. The van der Waals surface area contributed by atoms with Crippen LogP contribution in [0.4, 0.5) is 16.2 Å². The Hall–Kier alpha value is -2.83. The monoisotopic (exact) mass is 288 g/mol. The Morgan fingerprint density at radius 3 is 2.62 bits per heavy atom. The van der Waals surface area contributed by atoms with Gasteiger partial charge in [-0.25, -0.2) is 9.59 Å². The number of anilines is 2. The van der Waals surface area contributed by atoms with Crippen molar-refractivity contribution in [1.82, 2.24) is 9.78 Å². The number of benzene rings is 1. The quantitative estimate of drug-likeness (QED) is 0.805. The molecule has 0 unspecified atom stereocenters. The second-order valence-electron chi connectivity index (χ2n) is 4.50. The van der Waals surface area contributed by atoms with Crippen LogP contribution in [0.1, 0.15) is 22.8 Å². The highest BCUT2D eigenvalue weighted by atomic mass is 16.4. The number of nitrogens with one attached hydrogen (secondary N) is 2. The van der Waals surface area contributed by atoms with Crippen LogP contribution in [0.5, 0.6) is 0 Å². The molecule has 0 atom stereocenters. The van der Waals surface area contributed by atoms with E-state index in [9.17, 15) is 9.59 Å². The largest absolute Gasteiger partial charge is 0.478 e. The van der Waals surface area contributed by atoms with E-state index >= 15 is 0 Å². The van der Waals surface area contributed by atoms with E-state index in [4.69, 9.17) is 5.11 Å². The highest BCUT2D eigenvalue weighted by Crippen LogP contribution is 2.16. The lowest BCUT2D eigenvalue weighted by atomic mass is 10.1. The van der Waals surface area contributed by atoms with Crippen LogP contribution in [-0.4, -0.2) is 26.9 Å². The number of aromatic nitrogens is 2.